The fourth-order valence-electron chi connectivity index (χ4n) is 2.81. The summed E-state index contributed by atoms with van der Waals surface area (Å²) in [5.41, 5.74) is 2.47. The molecule has 2 heterocycles. The second-order valence-electron chi connectivity index (χ2n) is 6.88. The van der Waals surface area contributed by atoms with Crippen molar-refractivity contribution in [1.82, 2.24) is 9.78 Å². The van der Waals surface area contributed by atoms with Crippen molar-refractivity contribution in [1.29, 1.82) is 0 Å². The van der Waals surface area contributed by atoms with Crippen LogP contribution < -0.4 is 5.32 Å². The van der Waals surface area contributed by atoms with Crippen LogP contribution in [0.1, 0.15) is 64.2 Å². The van der Waals surface area contributed by atoms with Crippen molar-refractivity contribution < 1.29 is 23.9 Å². The molecule has 0 bridgehead atoms. The third-order valence-corrected chi connectivity index (χ3v) is 5.25. The number of aryl methyl sites for hydroxylation is 3. The Morgan fingerprint density at radius 3 is 2.45 bits per heavy atom. The first-order valence-corrected chi connectivity index (χ1v) is 10.3. The maximum atomic E-state index is 12.6. The third-order valence-electron chi connectivity index (χ3n) is 4.06. The second kappa shape index (κ2) is 9.69. The Balaban J connectivity index is 2.23. The summed E-state index contributed by atoms with van der Waals surface area (Å²) >= 11 is 1.02. The largest absolute Gasteiger partial charge is 0.462 e. The number of amides is 1. The lowest BCUT2D eigenvalue weighted by atomic mass is 10.1. The summed E-state index contributed by atoms with van der Waals surface area (Å²) in [7, 11) is 0. The minimum Gasteiger partial charge on any atom is -0.462 e. The molecule has 0 radical (unpaired) electrons. The zero-order valence-electron chi connectivity index (χ0n) is 17.6. The molecule has 9 heteroatoms. The maximum Gasteiger partial charge on any atom is 0.348 e. The number of aromatic nitrogens is 2. The number of hydrogen-bond donors (Lipinski definition) is 1. The van der Waals surface area contributed by atoms with Crippen LogP contribution in [0.3, 0.4) is 0 Å². The molecule has 0 fully saturated rings. The van der Waals surface area contributed by atoms with Crippen LogP contribution in [0.15, 0.2) is 6.07 Å². The van der Waals surface area contributed by atoms with Gasteiger partial charge >= 0.3 is 11.9 Å². The highest BCUT2D eigenvalue weighted by molar-refractivity contribution is 7.18. The van der Waals surface area contributed by atoms with E-state index in [1.807, 2.05) is 19.9 Å². The van der Waals surface area contributed by atoms with Crippen LogP contribution in [0.5, 0.6) is 0 Å². The maximum absolute atomic E-state index is 12.6. The second-order valence-corrected chi connectivity index (χ2v) is 7.90. The molecule has 158 valence electrons. The number of carbonyl (C=O) groups excluding carboxylic acids is 3. The molecule has 1 amide bonds. The number of anilines is 1. The third kappa shape index (κ3) is 5.66. The van der Waals surface area contributed by atoms with Crippen molar-refractivity contribution in [3.05, 3.63) is 33.5 Å². The van der Waals surface area contributed by atoms with E-state index in [0.29, 0.717) is 12.1 Å². The van der Waals surface area contributed by atoms with E-state index in [4.69, 9.17) is 9.47 Å². The molecule has 1 N–H and O–H groups in total. The van der Waals surface area contributed by atoms with Gasteiger partial charge in [0.1, 0.15) is 9.88 Å². The Labute approximate surface area is 174 Å². The molecule has 29 heavy (non-hydrogen) atoms. The average molecular weight is 422 g/mol. The first-order valence-electron chi connectivity index (χ1n) is 9.46. The number of carbonyl (C=O) groups is 3. The molecular weight excluding hydrogens is 394 g/mol. The molecule has 0 aromatic carbocycles. The molecule has 8 nitrogen and oxygen atoms in total. The van der Waals surface area contributed by atoms with E-state index in [1.165, 1.54) is 0 Å². The van der Waals surface area contributed by atoms with Gasteiger partial charge in [-0.3, -0.25) is 9.48 Å². The van der Waals surface area contributed by atoms with Gasteiger partial charge in [-0.05, 0) is 53.2 Å². The monoisotopic (exact) mass is 421 g/mol. The van der Waals surface area contributed by atoms with Crippen LogP contribution in [0, 0.1) is 20.8 Å². The van der Waals surface area contributed by atoms with Crippen molar-refractivity contribution in [3.63, 3.8) is 0 Å². The van der Waals surface area contributed by atoms with Crippen LogP contribution in [-0.2, 0) is 20.8 Å². The lowest BCUT2D eigenvalue weighted by Crippen LogP contribution is -2.18. The van der Waals surface area contributed by atoms with Crippen molar-refractivity contribution in [2.75, 3.05) is 11.9 Å². The Morgan fingerprint density at radius 1 is 1.21 bits per heavy atom. The zero-order valence-corrected chi connectivity index (χ0v) is 18.4. The summed E-state index contributed by atoms with van der Waals surface area (Å²) in [5.74, 6) is -1.40. The summed E-state index contributed by atoms with van der Waals surface area (Å²) in [4.78, 5) is 37.6. The number of esters is 2. The lowest BCUT2D eigenvalue weighted by molar-refractivity contribution is -0.116. The quantitative estimate of drug-likeness (QED) is 0.653. The van der Waals surface area contributed by atoms with Crippen LogP contribution in [0.2, 0.25) is 0 Å². The van der Waals surface area contributed by atoms with Gasteiger partial charge in [-0.2, -0.15) is 5.10 Å². The van der Waals surface area contributed by atoms with Gasteiger partial charge in [0.2, 0.25) is 5.91 Å². The minimum absolute atomic E-state index is 0.173. The predicted molar refractivity (Wildman–Crippen MR) is 111 cm³/mol. The predicted octanol–water partition coefficient (Wildman–Crippen LogP) is 3.64. The Bertz CT molecular complexity index is 914. The average Bonchev–Trinajstić information content (AvgIpc) is 3.11. The molecular formula is C20H27N3O5S. The van der Waals surface area contributed by atoms with Gasteiger partial charge in [0.15, 0.2) is 0 Å². The normalized spacial score (nSPS) is 10.9. The number of rotatable bonds is 8. The first-order chi connectivity index (χ1) is 13.6. The molecule has 0 saturated heterocycles. The molecule has 2 rings (SSSR count). The SMILES string of the molecule is CCOC(=O)c1sc(NC(=O)CCn2nc(C)cc2C)c(C(=O)OC(C)C)c1C. The van der Waals surface area contributed by atoms with Gasteiger partial charge in [0, 0.05) is 18.7 Å². The van der Waals surface area contributed by atoms with E-state index in [0.717, 1.165) is 22.7 Å². The van der Waals surface area contributed by atoms with Crippen LogP contribution in [0.4, 0.5) is 5.00 Å². The highest BCUT2D eigenvalue weighted by Crippen LogP contribution is 2.34. The summed E-state index contributed by atoms with van der Waals surface area (Å²) < 4.78 is 12.1. The summed E-state index contributed by atoms with van der Waals surface area (Å²) in [6.07, 6.45) is -0.158. The van der Waals surface area contributed by atoms with Crippen molar-refractivity contribution in [2.24, 2.45) is 0 Å². The van der Waals surface area contributed by atoms with E-state index in [1.54, 1.807) is 32.4 Å². The number of hydrogen-bond acceptors (Lipinski definition) is 7. The molecule has 0 unspecified atom stereocenters. The molecule has 0 aliphatic carbocycles. The number of ether oxygens (including phenoxy) is 2. The molecule has 0 aliphatic rings. The number of thiophene rings is 1. The molecule has 2 aromatic rings. The lowest BCUT2D eigenvalue weighted by Gasteiger charge is -2.10. The summed E-state index contributed by atoms with van der Waals surface area (Å²) in [6.45, 7) is 11.3. The van der Waals surface area contributed by atoms with Gasteiger partial charge in [-0.1, -0.05) is 0 Å². The van der Waals surface area contributed by atoms with Gasteiger partial charge in [0.05, 0.1) is 24.0 Å². The Kier molecular flexibility index (Phi) is 7.55. The summed E-state index contributed by atoms with van der Waals surface area (Å²) in [6, 6.07) is 1.94. The summed E-state index contributed by atoms with van der Waals surface area (Å²) in [5, 5.41) is 7.37. The molecule has 0 atom stereocenters. The van der Waals surface area contributed by atoms with Gasteiger partial charge < -0.3 is 14.8 Å². The van der Waals surface area contributed by atoms with Crippen LogP contribution >= 0.6 is 11.3 Å². The van der Waals surface area contributed by atoms with E-state index in [9.17, 15) is 14.4 Å². The minimum atomic E-state index is -0.585. The van der Waals surface area contributed by atoms with Gasteiger partial charge in [0.25, 0.3) is 0 Å². The molecule has 0 saturated carbocycles. The number of nitrogens with one attached hydrogen (secondary N) is 1. The molecule has 0 aliphatic heterocycles. The van der Waals surface area contributed by atoms with Crippen molar-refractivity contribution >= 4 is 34.2 Å². The van der Waals surface area contributed by atoms with E-state index in [2.05, 4.69) is 10.4 Å². The highest BCUT2D eigenvalue weighted by atomic mass is 32.1. The van der Waals surface area contributed by atoms with Gasteiger partial charge in [-0.15, -0.1) is 11.3 Å². The zero-order chi connectivity index (χ0) is 21.7. The molecule has 0 spiro atoms. The smallest absolute Gasteiger partial charge is 0.348 e. The van der Waals surface area contributed by atoms with E-state index >= 15 is 0 Å². The Morgan fingerprint density at radius 2 is 1.90 bits per heavy atom. The fourth-order valence-corrected chi connectivity index (χ4v) is 3.91. The molecule has 2 aromatic heterocycles. The fraction of sp³-hybridized carbons (Fsp3) is 0.500. The Hall–Kier alpha value is -2.68. The van der Waals surface area contributed by atoms with E-state index in [-0.39, 0.29) is 40.5 Å². The topological polar surface area (TPSA) is 99.5 Å². The standard InChI is InChI=1S/C20H27N3O5S/c1-7-27-20(26)17-14(6)16(19(25)28-11(2)3)18(29-17)21-15(24)8-9-23-13(5)10-12(4)22-23/h10-11H,7-9H2,1-6H3,(H,21,24). The highest BCUT2D eigenvalue weighted by Gasteiger charge is 2.27. The van der Waals surface area contributed by atoms with Crippen molar-refractivity contribution in [3.8, 4) is 0 Å². The van der Waals surface area contributed by atoms with Gasteiger partial charge in [-0.25, -0.2) is 9.59 Å². The van der Waals surface area contributed by atoms with Crippen LogP contribution in [0.25, 0.3) is 0 Å². The number of nitrogens with zero attached hydrogens (tertiary/aromatic N) is 2. The first kappa shape index (κ1) is 22.6. The van der Waals surface area contributed by atoms with Crippen LogP contribution in [-0.4, -0.2) is 40.3 Å². The van der Waals surface area contributed by atoms with E-state index < -0.39 is 11.9 Å². The van der Waals surface area contributed by atoms with Crippen molar-refractivity contribution in [2.45, 2.75) is 60.6 Å².